The van der Waals surface area contributed by atoms with Gasteiger partial charge in [0.25, 0.3) is 0 Å². The van der Waals surface area contributed by atoms with E-state index in [0.29, 0.717) is 5.92 Å². The zero-order chi connectivity index (χ0) is 13.9. The van der Waals surface area contributed by atoms with Crippen molar-refractivity contribution in [3.8, 4) is 5.75 Å². The molecule has 4 nitrogen and oxygen atoms in total. The number of Topliss-reactive ketones (excluding diaryl/α,β-unsaturated/α-hetero) is 1. The van der Waals surface area contributed by atoms with E-state index in [9.17, 15) is 14.0 Å². The first kappa shape index (κ1) is 11.9. The summed E-state index contributed by atoms with van der Waals surface area (Å²) in [5.41, 5.74) is 0.194. The summed E-state index contributed by atoms with van der Waals surface area (Å²) in [5.74, 6) is 0.262. The number of carbonyl (C=O) groups is 2. The molecule has 1 heterocycles. The zero-order valence-corrected chi connectivity index (χ0v) is 10.7. The Morgan fingerprint density at radius 1 is 1.35 bits per heavy atom. The quantitative estimate of drug-likeness (QED) is 0.776. The molecule has 0 aromatic heterocycles. The van der Waals surface area contributed by atoms with Gasteiger partial charge in [0.15, 0.2) is 5.78 Å². The van der Waals surface area contributed by atoms with Crippen molar-refractivity contribution in [2.24, 2.45) is 11.8 Å². The molecule has 4 rings (SSSR count). The van der Waals surface area contributed by atoms with Gasteiger partial charge in [0, 0.05) is 0 Å². The number of fused-ring (bicyclic) bond motifs is 2. The Labute approximate surface area is 114 Å². The van der Waals surface area contributed by atoms with Gasteiger partial charge in [0.1, 0.15) is 17.7 Å². The lowest BCUT2D eigenvalue weighted by molar-refractivity contribution is -0.162. The van der Waals surface area contributed by atoms with E-state index in [4.69, 9.17) is 9.47 Å². The fourth-order valence-corrected chi connectivity index (χ4v) is 3.06. The van der Waals surface area contributed by atoms with Crippen LogP contribution in [0.2, 0.25) is 0 Å². The van der Waals surface area contributed by atoms with Crippen molar-refractivity contribution < 1.29 is 23.5 Å². The number of halogens is 1. The second-order valence-electron chi connectivity index (χ2n) is 5.74. The first-order valence-electron chi connectivity index (χ1n) is 6.82. The van der Waals surface area contributed by atoms with Gasteiger partial charge in [-0.25, -0.2) is 9.18 Å². The topological polar surface area (TPSA) is 52.6 Å². The van der Waals surface area contributed by atoms with E-state index in [-0.39, 0.29) is 29.6 Å². The van der Waals surface area contributed by atoms with Gasteiger partial charge in [-0.3, -0.25) is 4.79 Å². The van der Waals surface area contributed by atoms with Crippen LogP contribution in [0.4, 0.5) is 4.39 Å². The Hall–Kier alpha value is -1.91. The van der Waals surface area contributed by atoms with Crippen LogP contribution in [0.25, 0.3) is 0 Å². The van der Waals surface area contributed by atoms with Crippen molar-refractivity contribution in [3.63, 3.8) is 0 Å². The fraction of sp³-hybridized carbons (Fsp3) is 0.467. The molecular weight excluding hydrogens is 263 g/mol. The van der Waals surface area contributed by atoms with Crippen molar-refractivity contribution in [1.82, 2.24) is 0 Å². The second-order valence-corrected chi connectivity index (χ2v) is 5.74. The monoisotopic (exact) mass is 276 g/mol. The fourth-order valence-electron chi connectivity index (χ4n) is 3.06. The first-order valence-corrected chi connectivity index (χ1v) is 6.82. The minimum Gasteiger partial charge on any atom is -0.477 e. The van der Waals surface area contributed by atoms with E-state index in [1.165, 1.54) is 12.1 Å². The molecule has 20 heavy (non-hydrogen) atoms. The largest absolute Gasteiger partial charge is 0.477 e. The molecule has 1 aliphatic heterocycles. The standard InChI is InChI=1S/C15H13FO4/c16-8-1-2-12-10(5-8)11(17)6-14(19-12)15(18)20-13-4-7-3-9(7)13/h1-2,5,7,9,13-14H,3-4,6H2. The summed E-state index contributed by atoms with van der Waals surface area (Å²) in [7, 11) is 0. The highest BCUT2D eigenvalue weighted by Gasteiger charge is 2.56. The lowest BCUT2D eigenvalue weighted by atomic mass is 9.96. The van der Waals surface area contributed by atoms with Crippen molar-refractivity contribution in [2.75, 3.05) is 0 Å². The maximum atomic E-state index is 13.1. The van der Waals surface area contributed by atoms with Gasteiger partial charge in [-0.05, 0) is 42.9 Å². The number of rotatable bonds is 2. The Kier molecular flexibility index (Phi) is 2.40. The van der Waals surface area contributed by atoms with E-state index in [0.717, 1.165) is 24.8 Å². The van der Waals surface area contributed by atoms with E-state index in [1.54, 1.807) is 0 Å². The molecule has 0 spiro atoms. The molecule has 0 radical (unpaired) electrons. The molecule has 5 heteroatoms. The summed E-state index contributed by atoms with van der Waals surface area (Å²) >= 11 is 0. The minimum atomic E-state index is -0.904. The van der Waals surface area contributed by atoms with Gasteiger partial charge in [0.2, 0.25) is 6.10 Å². The van der Waals surface area contributed by atoms with Crippen LogP contribution < -0.4 is 4.74 Å². The molecule has 4 unspecified atom stereocenters. The maximum absolute atomic E-state index is 13.1. The molecular formula is C15H13FO4. The predicted molar refractivity (Wildman–Crippen MR) is 65.9 cm³/mol. The molecule has 104 valence electrons. The number of hydrogen-bond donors (Lipinski definition) is 0. The Morgan fingerprint density at radius 3 is 2.90 bits per heavy atom. The third kappa shape index (κ3) is 1.80. The van der Waals surface area contributed by atoms with Crippen LogP contribution in [0.3, 0.4) is 0 Å². The van der Waals surface area contributed by atoms with Gasteiger partial charge >= 0.3 is 5.97 Å². The van der Waals surface area contributed by atoms with Crippen molar-refractivity contribution >= 4 is 11.8 Å². The first-order chi connectivity index (χ1) is 9.61. The number of esters is 1. The summed E-state index contributed by atoms with van der Waals surface area (Å²) in [6.07, 6.45) is 1.08. The van der Waals surface area contributed by atoms with Crippen molar-refractivity contribution in [2.45, 2.75) is 31.5 Å². The van der Waals surface area contributed by atoms with E-state index in [1.807, 2.05) is 0 Å². The van der Waals surface area contributed by atoms with Crippen molar-refractivity contribution in [1.29, 1.82) is 0 Å². The van der Waals surface area contributed by atoms with Crippen LogP contribution >= 0.6 is 0 Å². The zero-order valence-electron chi connectivity index (χ0n) is 10.7. The van der Waals surface area contributed by atoms with Gasteiger partial charge in [-0.2, -0.15) is 0 Å². The third-order valence-corrected chi connectivity index (χ3v) is 4.40. The summed E-state index contributed by atoms with van der Waals surface area (Å²) in [6, 6.07) is 3.72. The van der Waals surface area contributed by atoms with Crippen LogP contribution in [-0.2, 0) is 9.53 Å². The van der Waals surface area contributed by atoms with E-state index >= 15 is 0 Å². The van der Waals surface area contributed by atoms with Gasteiger partial charge < -0.3 is 9.47 Å². The summed E-state index contributed by atoms with van der Waals surface area (Å²) in [5, 5.41) is 0. The number of hydrogen-bond acceptors (Lipinski definition) is 4. The average Bonchev–Trinajstić information content (AvgIpc) is 3.07. The molecule has 2 aliphatic carbocycles. The van der Waals surface area contributed by atoms with Crippen molar-refractivity contribution in [3.05, 3.63) is 29.6 Å². The summed E-state index contributed by atoms with van der Waals surface area (Å²) in [6.45, 7) is 0. The lowest BCUT2D eigenvalue weighted by Crippen LogP contribution is -2.39. The minimum absolute atomic E-state index is 0.000756. The molecule has 2 fully saturated rings. The van der Waals surface area contributed by atoms with E-state index in [2.05, 4.69) is 0 Å². The Morgan fingerprint density at radius 2 is 2.20 bits per heavy atom. The lowest BCUT2D eigenvalue weighted by Gasteiger charge is -2.29. The maximum Gasteiger partial charge on any atom is 0.348 e. The van der Waals surface area contributed by atoms with Crippen LogP contribution in [-0.4, -0.2) is 24.0 Å². The van der Waals surface area contributed by atoms with Gasteiger partial charge in [-0.1, -0.05) is 0 Å². The summed E-state index contributed by atoms with van der Waals surface area (Å²) < 4.78 is 23.9. The molecule has 0 amide bonds. The van der Waals surface area contributed by atoms with Crippen LogP contribution in [0.1, 0.15) is 29.6 Å². The van der Waals surface area contributed by atoms with Crippen LogP contribution in [0, 0.1) is 17.7 Å². The number of ether oxygens (including phenoxy) is 2. The number of benzene rings is 1. The molecule has 4 atom stereocenters. The third-order valence-electron chi connectivity index (χ3n) is 4.40. The molecule has 2 saturated carbocycles. The average molecular weight is 276 g/mol. The Balaban J connectivity index is 1.49. The Bertz CT molecular complexity index is 612. The smallest absolute Gasteiger partial charge is 0.348 e. The normalized spacial score (nSPS) is 33.4. The molecule has 1 aromatic carbocycles. The van der Waals surface area contributed by atoms with E-state index < -0.39 is 17.9 Å². The number of ketones is 1. The molecule has 0 bridgehead atoms. The van der Waals surface area contributed by atoms with Crippen LogP contribution in [0.15, 0.2) is 18.2 Å². The van der Waals surface area contributed by atoms with Gasteiger partial charge in [0.05, 0.1) is 12.0 Å². The summed E-state index contributed by atoms with van der Waals surface area (Å²) in [4.78, 5) is 24.0. The number of carbonyl (C=O) groups excluding carboxylic acids is 2. The van der Waals surface area contributed by atoms with Gasteiger partial charge in [-0.15, -0.1) is 0 Å². The highest BCUT2D eigenvalue weighted by atomic mass is 19.1. The van der Waals surface area contributed by atoms with Crippen LogP contribution in [0.5, 0.6) is 5.75 Å². The second kappa shape index (κ2) is 4.04. The molecule has 1 aromatic rings. The highest BCUT2D eigenvalue weighted by molar-refractivity contribution is 6.02. The molecule has 0 saturated heterocycles. The molecule has 0 N–H and O–H groups in total. The molecule has 3 aliphatic rings. The predicted octanol–water partition coefficient (Wildman–Crippen LogP) is 2.11. The highest BCUT2D eigenvalue weighted by Crippen LogP contribution is 2.57. The SMILES string of the molecule is O=C1CC(C(=O)OC2CC3CC32)Oc2ccc(F)cc21.